The number of nitrogens with one attached hydrogen (secondary N) is 2. The quantitative estimate of drug-likeness (QED) is 0.758. The lowest BCUT2D eigenvalue weighted by Gasteiger charge is -2.19. The predicted molar refractivity (Wildman–Crippen MR) is 102 cm³/mol. The van der Waals surface area contributed by atoms with E-state index in [0.29, 0.717) is 29.4 Å². The van der Waals surface area contributed by atoms with Crippen molar-refractivity contribution in [3.63, 3.8) is 0 Å². The highest BCUT2D eigenvalue weighted by Crippen LogP contribution is 2.33. The summed E-state index contributed by atoms with van der Waals surface area (Å²) in [6.07, 6.45) is 0.566. The molecule has 2 N–H and O–H groups in total. The molecule has 2 saturated heterocycles. The number of benzene rings is 1. The molecule has 1 spiro atoms. The molecule has 4 rings (SSSR count). The van der Waals surface area contributed by atoms with Crippen LogP contribution in [0.1, 0.15) is 12.1 Å². The molecule has 2 fully saturated rings. The highest BCUT2D eigenvalue weighted by molar-refractivity contribution is 7.99. The minimum atomic E-state index is -0.880. The smallest absolute Gasteiger partial charge is 0.322 e. The third kappa shape index (κ3) is 3.24. The molecule has 0 saturated carbocycles. The molecule has 146 valence electrons. The van der Waals surface area contributed by atoms with E-state index < -0.39 is 17.5 Å². The van der Waals surface area contributed by atoms with Crippen LogP contribution >= 0.6 is 11.8 Å². The van der Waals surface area contributed by atoms with Crippen LogP contribution in [0.25, 0.3) is 5.69 Å². The first kappa shape index (κ1) is 18.5. The summed E-state index contributed by atoms with van der Waals surface area (Å²) in [4.78, 5) is 38.3. The maximum atomic E-state index is 13.2. The van der Waals surface area contributed by atoms with E-state index in [1.54, 1.807) is 24.8 Å². The molecule has 1 aromatic heterocycles. The number of hydrogen-bond donors (Lipinski definition) is 2. The van der Waals surface area contributed by atoms with Gasteiger partial charge in [-0.15, -0.1) is 0 Å². The fourth-order valence-electron chi connectivity index (χ4n) is 3.35. The molecule has 10 heteroatoms. The summed E-state index contributed by atoms with van der Waals surface area (Å²) in [5, 5.41) is 9.71. The summed E-state index contributed by atoms with van der Waals surface area (Å²) in [5.41, 5.74) is 0.340. The van der Waals surface area contributed by atoms with E-state index >= 15 is 0 Å². The van der Waals surface area contributed by atoms with Gasteiger partial charge in [0.15, 0.2) is 0 Å². The van der Waals surface area contributed by atoms with Gasteiger partial charge in [0.1, 0.15) is 23.7 Å². The highest BCUT2D eigenvalue weighted by atomic mass is 32.2. The van der Waals surface area contributed by atoms with Crippen LogP contribution in [0, 0.1) is 12.7 Å². The lowest BCUT2D eigenvalue weighted by atomic mass is 9.99. The Morgan fingerprint density at radius 3 is 2.79 bits per heavy atom. The molecule has 1 aromatic carbocycles. The van der Waals surface area contributed by atoms with Gasteiger partial charge in [-0.1, -0.05) is 0 Å². The summed E-state index contributed by atoms with van der Waals surface area (Å²) in [7, 11) is 0. The molecule has 28 heavy (non-hydrogen) atoms. The van der Waals surface area contributed by atoms with Crippen molar-refractivity contribution in [3.8, 4) is 5.69 Å². The van der Waals surface area contributed by atoms with Crippen molar-refractivity contribution in [2.45, 2.75) is 18.9 Å². The molecule has 0 bridgehead atoms. The Hall–Kier alpha value is -2.88. The zero-order chi connectivity index (χ0) is 19.9. The Balaban J connectivity index is 1.50. The molecular formula is C18H18FN5O3S. The average molecular weight is 403 g/mol. The van der Waals surface area contributed by atoms with Gasteiger partial charge in [-0.3, -0.25) is 14.5 Å². The van der Waals surface area contributed by atoms with Crippen molar-refractivity contribution < 1.29 is 18.8 Å². The number of urea groups is 1. The number of halogens is 1. The maximum Gasteiger partial charge on any atom is 0.325 e. The minimum Gasteiger partial charge on any atom is -0.322 e. The standard InChI is InChI=1S/C18H18FN5O3S/c1-11-8-14(24(22-11)13-4-2-12(19)3-5-13)20-15(25)9-23-16(26)18(21-17(23)27)6-7-28-10-18/h2-5,8H,6-7,9-10H2,1H3,(H,20,25)(H,21,27). The molecule has 1 atom stereocenters. The van der Waals surface area contributed by atoms with Crippen LogP contribution in [-0.2, 0) is 9.59 Å². The maximum absolute atomic E-state index is 13.2. The summed E-state index contributed by atoms with van der Waals surface area (Å²) < 4.78 is 14.6. The van der Waals surface area contributed by atoms with Gasteiger partial charge in [0.2, 0.25) is 5.91 Å². The van der Waals surface area contributed by atoms with Crippen molar-refractivity contribution >= 4 is 35.4 Å². The Morgan fingerprint density at radius 2 is 2.11 bits per heavy atom. The molecule has 2 aromatic rings. The SMILES string of the molecule is Cc1cc(NC(=O)CN2C(=O)NC3(CCSC3)C2=O)n(-c2ccc(F)cc2)n1. The third-order valence-electron chi connectivity index (χ3n) is 4.74. The number of anilines is 1. The van der Waals surface area contributed by atoms with Gasteiger partial charge < -0.3 is 10.6 Å². The second kappa shape index (κ2) is 6.93. The van der Waals surface area contributed by atoms with Crippen LogP contribution in [0.4, 0.5) is 15.0 Å². The second-order valence-corrected chi connectivity index (χ2v) is 7.92. The van der Waals surface area contributed by atoms with E-state index in [2.05, 4.69) is 15.7 Å². The van der Waals surface area contributed by atoms with E-state index in [0.717, 1.165) is 10.7 Å². The first-order valence-electron chi connectivity index (χ1n) is 8.72. The Bertz CT molecular complexity index is 953. The lowest BCUT2D eigenvalue weighted by molar-refractivity contribution is -0.133. The van der Waals surface area contributed by atoms with E-state index in [9.17, 15) is 18.8 Å². The number of aromatic nitrogens is 2. The van der Waals surface area contributed by atoms with Crippen LogP contribution in [0.3, 0.4) is 0 Å². The summed E-state index contributed by atoms with van der Waals surface area (Å²) in [5.74, 6) is 0.424. The van der Waals surface area contributed by atoms with Gasteiger partial charge >= 0.3 is 6.03 Å². The molecule has 8 nitrogen and oxygen atoms in total. The van der Waals surface area contributed by atoms with Gasteiger partial charge in [-0.2, -0.15) is 16.9 Å². The Labute approximate surface area is 164 Å². The molecule has 0 radical (unpaired) electrons. The normalized spacial score (nSPS) is 21.4. The number of aryl methyl sites for hydroxylation is 1. The lowest BCUT2D eigenvalue weighted by Crippen LogP contribution is -2.47. The molecule has 3 heterocycles. The third-order valence-corrected chi connectivity index (χ3v) is 5.93. The van der Waals surface area contributed by atoms with Gasteiger partial charge in [-0.05, 0) is 43.4 Å². The fourth-order valence-corrected chi connectivity index (χ4v) is 4.67. The molecule has 0 aliphatic carbocycles. The molecule has 2 aliphatic heterocycles. The monoisotopic (exact) mass is 403 g/mol. The van der Waals surface area contributed by atoms with Crippen LogP contribution in [0.5, 0.6) is 0 Å². The van der Waals surface area contributed by atoms with Gasteiger partial charge in [-0.25, -0.2) is 13.9 Å². The number of thioether (sulfide) groups is 1. The largest absolute Gasteiger partial charge is 0.325 e. The molecule has 4 amide bonds. The summed E-state index contributed by atoms with van der Waals surface area (Å²) in [6.45, 7) is 1.37. The number of carbonyl (C=O) groups is 3. The zero-order valence-electron chi connectivity index (χ0n) is 15.1. The van der Waals surface area contributed by atoms with Gasteiger partial charge in [0, 0.05) is 11.8 Å². The first-order valence-corrected chi connectivity index (χ1v) is 9.88. The van der Waals surface area contributed by atoms with Gasteiger partial charge in [0.05, 0.1) is 11.4 Å². The van der Waals surface area contributed by atoms with Crippen LogP contribution in [0.2, 0.25) is 0 Å². The van der Waals surface area contributed by atoms with E-state index in [-0.39, 0.29) is 18.3 Å². The number of carbonyl (C=O) groups excluding carboxylic acids is 3. The number of rotatable bonds is 4. The average Bonchev–Trinajstić information content (AvgIpc) is 3.32. The first-order chi connectivity index (χ1) is 13.4. The second-order valence-electron chi connectivity index (χ2n) is 6.81. The van der Waals surface area contributed by atoms with Crippen molar-refractivity contribution in [1.29, 1.82) is 0 Å². The van der Waals surface area contributed by atoms with Crippen molar-refractivity contribution in [2.75, 3.05) is 23.4 Å². The zero-order valence-corrected chi connectivity index (χ0v) is 15.9. The number of amides is 4. The number of imide groups is 1. The Morgan fingerprint density at radius 1 is 1.36 bits per heavy atom. The van der Waals surface area contributed by atoms with Crippen molar-refractivity contribution in [2.24, 2.45) is 0 Å². The fraction of sp³-hybridized carbons (Fsp3) is 0.333. The summed E-state index contributed by atoms with van der Waals surface area (Å²) in [6, 6.07) is 6.77. The van der Waals surface area contributed by atoms with E-state index in [1.165, 1.54) is 28.9 Å². The molecule has 1 unspecified atom stereocenters. The van der Waals surface area contributed by atoms with Crippen molar-refractivity contribution in [3.05, 3.63) is 41.8 Å². The van der Waals surface area contributed by atoms with Gasteiger partial charge in [0.25, 0.3) is 5.91 Å². The number of nitrogens with zero attached hydrogens (tertiary/aromatic N) is 3. The molecular weight excluding hydrogens is 385 g/mol. The molecule has 2 aliphatic rings. The van der Waals surface area contributed by atoms with Crippen LogP contribution < -0.4 is 10.6 Å². The Kier molecular flexibility index (Phi) is 4.58. The number of hydrogen-bond acceptors (Lipinski definition) is 5. The summed E-state index contributed by atoms with van der Waals surface area (Å²) >= 11 is 1.60. The predicted octanol–water partition coefficient (Wildman–Crippen LogP) is 1.69. The van der Waals surface area contributed by atoms with E-state index in [1.807, 2.05) is 0 Å². The van der Waals surface area contributed by atoms with Crippen molar-refractivity contribution in [1.82, 2.24) is 20.0 Å². The topological polar surface area (TPSA) is 96.3 Å². The highest BCUT2D eigenvalue weighted by Gasteiger charge is 2.53. The minimum absolute atomic E-state index is 0.360. The van der Waals surface area contributed by atoms with Crippen LogP contribution in [-0.4, -0.2) is 56.1 Å². The van der Waals surface area contributed by atoms with E-state index in [4.69, 9.17) is 0 Å². The van der Waals surface area contributed by atoms with Crippen LogP contribution in [0.15, 0.2) is 30.3 Å².